The molecule has 9 nitrogen and oxygen atoms in total. The number of benzene rings is 1. The fourth-order valence-corrected chi connectivity index (χ4v) is 4.28. The van der Waals surface area contributed by atoms with Gasteiger partial charge in [0, 0.05) is 40.0 Å². The molecule has 150 valence electrons. The van der Waals surface area contributed by atoms with Crippen LogP contribution in [0.3, 0.4) is 0 Å². The summed E-state index contributed by atoms with van der Waals surface area (Å²) in [5.41, 5.74) is 0.852. The van der Waals surface area contributed by atoms with Gasteiger partial charge in [0.2, 0.25) is 0 Å². The van der Waals surface area contributed by atoms with Crippen LogP contribution in [0, 0.1) is 17.2 Å². The van der Waals surface area contributed by atoms with Gasteiger partial charge in [-0.3, -0.25) is 17.2 Å². The van der Waals surface area contributed by atoms with Crippen molar-refractivity contribution in [2.45, 2.75) is 25.5 Å². The number of hydrogen-bond acceptors (Lipinski definition) is 8. The molecule has 0 atom stereocenters. The van der Waals surface area contributed by atoms with Crippen molar-refractivity contribution in [3.8, 4) is 5.75 Å². The molecule has 0 fully saturated rings. The summed E-state index contributed by atoms with van der Waals surface area (Å²) in [6, 6.07) is 3.66. The van der Waals surface area contributed by atoms with E-state index in [-0.39, 0.29) is 12.3 Å². The van der Waals surface area contributed by atoms with Crippen molar-refractivity contribution in [1.82, 2.24) is 0 Å². The quantitative estimate of drug-likeness (QED) is 0.114. The maximum absolute atomic E-state index is 11.3. The van der Waals surface area contributed by atoms with Gasteiger partial charge in [0.15, 0.2) is 0 Å². The molecule has 0 saturated carbocycles. The van der Waals surface area contributed by atoms with E-state index >= 15 is 0 Å². The molecule has 0 unspecified atom stereocenters. The van der Waals surface area contributed by atoms with Crippen LogP contribution < -0.4 is 10.1 Å². The minimum Gasteiger partial charge on any atom is -0.535 e. The van der Waals surface area contributed by atoms with E-state index in [2.05, 4.69) is 12.4 Å². The summed E-state index contributed by atoms with van der Waals surface area (Å²) in [5, 5.41) is 13.9. The SMILES string of the molecule is [CH2-]Nc1cc([N+](=O)[O-])c(COCCCC[Si](OC)(OC)OC)cc1OC.[Rf]. The molecule has 0 aliphatic heterocycles. The van der Waals surface area contributed by atoms with Crippen LogP contribution in [0.2, 0.25) is 6.04 Å². The van der Waals surface area contributed by atoms with Gasteiger partial charge < -0.3 is 28.1 Å². The number of nitrogens with zero attached hydrogens (tertiary/aromatic N) is 1. The summed E-state index contributed by atoms with van der Waals surface area (Å²) >= 11 is 0. The minimum atomic E-state index is -2.56. The molecule has 0 amide bonds. The van der Waals surface area contributed by atoms with Crippen molar-refractivity contribution in [3.05, 3.63) is 34.9 Å². The molecule has 11 heteroatoms. The van der Waals surface area contributed by atoms with Gasteiger partial charge in [-0.25, -0.2) is 0 Å². The number of nitro benzene ring substituents is 1. The Kier molecular flexibility index (Phi) is 10.6. The van der Waals surface area contributed by atoms with Gasteiger partial charge in [-0.05, 0) is 18.9 Å². The first kappa shape index (κ1) is 24.3. The number of unbranched alkanes of at least 4 members (excludes halogenated alkanes) is 1. The Labute approximate surface area is 155 Å². The van der Waals surface area contributed by atoms with Crippen molar-refractivity contribution in [2.75, 3.05) is 40.4 Å². The van der Waals surface area contributed by atoms with Gasteiger partial charge in [0.25, 0.3) is 5.69 Å². The van der Waals surface area contributed by atoms with Crippen LogP contribution >= 0.6 is 0 Å². The number of hydrogen-bond donors (Lipinski definition) is 1. The van der Waals surface area contributed by atoms with Crippen LogP contribution in [0.4, 0.5) is 11.4 Å². The fourth-order valence-electron chi connectivity index (χ4n) is 2.49. The van der Waals surface area contributed by atoms with Gasteiger partial charge in [0.05, 0.1) is 29.9 Å². The van der Waals surface area contributed by atoms with E-state index in [0.29, 0.717) is 29.7 Å². The number of anilines is 1. The molecule has 0 spiro atoms. The Morgan fingerprint density at radius 1 is 1.15 bits per heavy atom. The molecule has 0 aliphatic rings. The van der Waals surface area contributed by atoms with Gasteiger partial charge in [-0.2, -0.15) is 0 Å². The summed E-state index contributed by atoms with van der Waals surface area (Å²) < 4.78 is 26.9. The first-order valence-corrected chi connectivity index (χ1v) is 10.0. The van der Waals surface area contributed by atoms with E-state index in [0.717, 1.165) is 12.8 Å². The number of nitro groups is 1. The summed E-state index contributed by atoms with van der Waals surface area (Å²) in [4.78, 5) is 10.8. The van der Waals surface area contributed by atoms with Crippen LogP contribution in [0.1, 0.15) is 18.4 Å². The molecule has 0 aliphatic carbocycles. The summed E-state index contributed by atoms with van der Waals surface area (Å²) in [6.45, 7) is 0.571. The van der Waals surface area contributed by atoms with Crippen molar-refractivity contribution >= 4 is 20.2 Å². The van der Waals surface area contributed by atoms with Crippen LogP contribution in [0.25, 0.3) is 0 Å². The largest absolute Gasteiger partial charge is 0.535 e. The van der Waals surface area contributed by atoms with Crippen LogP contribution in [-0.4, -0.2) is 48.8 Å². The van der Waals surface area contributed by atoms with Gasteiger partial charge in [-0.15, -0.1) is 0 Å². The number of methoxy groups -OCH3 is 1. The molecule has 0 aromatic heterocycles. The summed E-state index contributed by atoms with van der Waals surface area (Å²) in [7, 11) is 7.18. The number of rotatable bonds is 13. The third kappa shape index (κ3) is 6.50. The fraction of sp³-hybridized carbons (Fsp3) is 0.562. The zero-order valence-corrected chi connectivity index (χ0v) is 23.8. The number of ether oxygens (including phenoxy) is 2. The summed E-state index contributed by atoms with van der Waals surface area (Å²) in [5.74, 6) is 0.472. The minimum absolute atomic E-state index is 0. The van der Waals surface area contributed by atoms with Gasteiger partial charge >= 0.3 is 8.80 Å². The zero-order chi connectivity index (χ0) is 19.6. The molecule has 27 heavy (non-hydrogen) atoms. The predicted molar refractivity (Wildman–Crippen MR) is 99.1 cm³/mol. The van der Waals surface area contributed by atoms with E-state index in [4.69, 9.17) is 22.8 Å². The maximum Gasteiger partial charge on any atom is 0.500 e. The van der Waals surface area contributed by atoms with Gasteiger partial charge in [-0.1, -0.05) is 0 Å². The molecule has 1 aromatic rings. The van der Waals surface area contributed by atoms with Crippen molar-refractivity contribution in [2.24, 2.45) is 0 Å². The molecule has 0 saturated heterocycles. The monoisotopic (exact) mass is 654 g/mol. The topological polar surface area (TPSA) is 101 Å². The molecule has 1 rings (SSSR count). The van der Waals surface area contributed by atoms with E-state index in [1.54, 1.807) is 27.4 Å². The average molecular weight is 654 g/mol. The molecular formula is C16H27N2O7RfSi-. The Hall–Kier alpha value is -2.72. The van der Waals surface area contributed by atoms with E-state index in [9.17, 15) is 10.1 Å². The molecule has 0 bridgehead atoms. The van der Waals surface area contributed by atoms with E-state index in [1.165, 1.54) is 13.2 Å². The molecule has 0 heterocycles. The third-order valence-corrected chi connectivity index (χ3v) is 6.83. The van der Waals surface area contributed by atoms with Crippen LogP contribution in [0.15, 0.2) is 12.1 Å². The zero-order valence-electron chi connectivity index (χ0n) is 16.4. The molecule has 1 aromatic carbocycles. The van der Waals surface area contributed by atoms with E-state index < -0.39 is 13.7 Å². The number of nitrogens with one attached hydrogen (secondary N) is 1. The van der Waals surface area contributed by atoms with Crippen molar-refractivity contribution < 1.29 is 27.7 Å². The van der Waals surface area contributed by atoms with Crippen molar-refractivity contribution in [1.29, 1.82) is 0 Å². The Morgan fingerprint density at radius 3 is 2.26 bits per heavy atom. The molecular weight excluding hydrogens is 627 g/mol. The van der Waals surface area contributed by atoms with Crippen LogP contribution in [-0.2, 0) is 24.6 Å². The first-order chi connectivity index (χ1) is 12.5. The predicted octanol–water partition coefficient (Wildman–Crippen LogP) is 2.98. The summed E-state index contributed by atoms with van der Waals surface area (Å²) in [6.07, 6.45) is 1.56. The first-order valence-electron chi connectivity index (χ1n) is 8.08. The maximum atomic E-state index is 11.3. The Balaban J connectivity index is 0.00000676. The van der Waals surface area contributed by atoms with Crippen molar-refractivity contribution in [3.63, 3.8) is 0 Å². The van der Waals surface area contributed by atoms with Gasteiger partial charge in [0.1, 0.15) is 5.75 Å². The van der Waals surface area contributed by atoms with Crippen LogP contribution in [0.5, 0.6) is 5.75 Å². The standard InChI is InChI=1S/C16H27N2O7Si.Rf/c1-17-14-11-15(18(19)20)13(10-16(14)21-2)12-25-8-6-7-9-26(22-3,23-4)24-5;/h10-11,17H,1,6-9,12H2,2-5H3;/q-1;. The second kappa shape index (κ2) is 11.8. The Morgan fingerprint density at radius 2 is 1.78 bits per heavy atom. The second-order valence-corrected chi connectivity index (χ2v) is 8.51. The average Bonchev–Trinajstić information content (AvgIpc) is 2.67. The third-order valence-electron chi connectivity index (χ3n) is 4.00. The normalized spacial score (nSPS) is 11.0. The second-order valence-electron chi connectivity index (χ2n) is 5.42. The molecule has 0 radical (unpaired) electrons. The molecule has 1 N–H and O–H groups in total. The Bertz CT molecular complexity index is 580. The smallest absolute Gasteiger partial charge is 0.500 e. The van der Waals surface area contributed by atoms with E-state index in [1.807, 2.05) is 0 Å².